The van der Waals surface area contributed by atoms with E-state index in [0.29, 0.717) is 24.7 Å². The molecule has 25 heavy (non-hydrogen) atoms. The van der Waals surface area contributed by atoms with Crippen LogP contribution in [0.4, 0.5) is 0 Å². The number of hydrogen-bond acceptors (Lipinski definition) is 5. The Bertz CT molecular complexity index is 653. The molecule has 3 heterocycles. The second-order valence-corrected chi connectivity index (χ2v) is 6.98. The predicted octanol–water partition coefficient (Wildman–Crippen LogP) is 2.67. The quantitative estimate of drug-likeness (QED) is 0.810. The van der Waals surface area contributed by atoms with Crippen molar-refractivity contribution in [1.82, 2.24) is 14.9 Å². The molecule has 5 heteroatoms. The fourth-order valence-corrected chi connectivity index (χ4v) is 3.98. The number of aromatic nitrogens is 2. The van der Waals surface area contributed by atoms with Crippen molar-refractivity contribution in [3.8, 4) is 0 Å². The van der Waals surface area contributed by atoms with E-state index < -0.39 is 0 Å². The van der Waals surface area contributed by atoms with Crippen LogP contribution in [0.25, 0.3) is 0 Å². The van der Waals surface area contributed by atoms with Crippen LogP contribution >= 0.6 is 0 Å². The largest absolute Gasteiger partial charge is 0.376 e. The van der Waals surface area contributed by atoms with Crippen LogP contribution in [0, 0.1) is 5.92 Å². The summed E-state index contributed by atoms with van der Waals surface area (Å²) in [5.41, 5.74) is 2.32. The Kier molecular flexibility index (Phi) is 5.35. The third-order valence-corrected chi connectivity index (χ3v) is 5.21. The Morgan fingerprint density at radius 3 is 2.88 bits per heavy atom. The van der Waals surface area contributed by atoms with E-state index in [9.17, 15) is 0 Å². The summed E-state index contributed by atoms with van der Waals surface area (Å²) in [6.45, 7) is 4.18. The van der Waals surface area contributed by atoms with E-state index in [1.54, 1.807) is 0 Å². The summed E-state index contributed by atoms with van der Waals surface area (Å²) in [6, 6.07) is 10.6. The van der Waals surface area contributed by atoms with E-state index in [-0.39, 0.29) is 0 Å². The molecule has 0 N–H and O–H groups in total. The summed E-state index contributed by atoms with van der Waals surface area (Å²) in [5.74, 6) is 0.571. The molecule has 2 aliphatic rings. The van der Waals surface area contributed by atoms with Crippen LogP contribution in [0.2, 0.25) is 0 Å². The summed E-state index contributed by atoms with van der Waals surface area (Å²) in [4.78, 5) is 11.1. The van der Waals surface area contributed by atoms with E-state index in [4.69, 9.17) is 9.47 Å². The zero-order chi connectivity index (χ0) is 16.9. The van der Waals surface area contributed by atoms with Gasteiger partial charge < -0.3 is 9.47 Å². The second kappa shape index (κ2) is 8.04. The molecule has 0 bridgehead atoms. The standard InChI is InChI=1S/C20H25N3O2/c1-2-6-22-18(3-1)13-23-9-10-25-20-12-17(11-19(20)23)15-24-14-16-4-7-21-8-5-16/h1-8,17,19-20H,9-15H2/t17-,19-,20-/m0/s1. The zero-order valence-electron chi connectivity index (χ0n) is 14.5. The summed E-state index contributed by atoms with van der Waals surface area (Å²) in [7, 11) is 0. The van der Waals surface area contributed by atoms with Crippen molar-refractivity contribution in [2.75, 3.05) is 19.8 Å². The van der Waals surface area contributed by atoms with Crippen molar-refractivity contribution in [3.05, 3.63) is 60.2 Å². The van der Waals surface area contributed by atoms with E-state index >= 15 is 0 Å². The van der Waals surface area contributed by atoms with Gasteiger partial charge in [0.1, 0.15) is 0 Å². The van der Waals surface area contributed by atoms with Gasteiger partial charge in [-0.2, -0.15) is 0 Å². The molecule has 0 spiro atoms. The van der Waals surface area contributed by atoms with Crippen LogP contribution in [0.5, 0.6) is 0 Å². The minimum atomic E-state index is 0.340. The van der Waals surface area contributed by atoms with Gasteiger partial charge in [-0.25, -0.2) is 0 Å². The molecule has 1 aliphatic carbocycles. The lowest BCUT2D eigenvalue weighted by Gasteiger charge is -2.37. The fraction of sp³-hybridized carbons (Fsp3) is 0.500. The Morgan fingerprint density at radius 2 is 2.04 bits per heavy atom. The average molecular weight is 339 g/mol. The molecule has 0 aromatic carbocycles. The number of fused-ring (bicyclic) bond motifs is 1. The van der Waals surface area contributed by atoms with Crippen molar-refractivity contribution in [2.45, 2.75) is 38.1 Å². The highest BCUT2D eigenvalue weighted by Gasteiger charge is 2.40. The van der Waals surface area contributed by atoms with Crippen molar-refractivity contribution in [2.24, 2.45) is 5.92 Å². The van der Waals surface area contributed by atoms with Gasteiger partial charge in [0.25, 0.3) is 0 Å². The topological polar surface area (TPSA) is 47.5 Å². The third kappa shape index (κ3) is 4.24. The molecule has 3 atom stereocenters. The van der Waals surface area contributed by atoms with E-state index in [1.807, 2.05) is 36.8 Å². The smallest absolute Gasteiger partial charge is 0.0734 e. The zero-order valence-corrected chi connectivity index (χ0v) is 14.5. The highest BCUT2D eigenvalue weighted by molar-refractivity contribution is 5.08. The monoisotopic (exact) mass is 339 g/mol. The summed E-state index contributed by atoms with van der Waals surface area (Å²) in [6.07, 6.45) is 8.08. The summed E-state index contributed by atoms with van der Waals surface area (Å²) < 4.78 is 12.0. The lowest BCUT2D eigenvalue weighted by atomic mass is 10.1. The van der Waals surface area contributed by atoms with Gasteiger partial charge in [0.05, 0.1) is 25.0 Å². The Balaban J connectivity index is 1.30. The van der Waals surface area contributed by atoms with Crippen molar-refractivity contribution >= 4 is 0 Å². The number of nitrogens with zero attached hydrogens (tertiary/aromatic N) is 3. The fourth-order valence-electron chi connectivity index (χ4n) is 3.98. The van der Waals surface area contributed by atoms with Crippen molar-refractivity contribution < 1.29 is 9.47 Å². The molecular formula is C20H25N3O2. The lowest BCUT2D eigenvalue weighted by Crippen LogP contribution is -2.47. The minimum Gasteiger partial charge on any atom is -0.376 e. The van der Waals surface area contributed by atoms with Crippen LogP contribution in [0.3, 0.4) is 0 Å². The predicted molar refractivity (Wildman–Crippen MR) is 94.8 cm³/mol. The SMILES string of the molecule is c1ccc(CN2CCO[C@H]3C[C@@H](COCc4ccncc4)C[C@@H]32)nc1. The van der Waals surface area contributed by atoms with Gasteiger partial charge in [0, 0.05) is 44.3 Å². The minimum absolute atomic E-state index is 0.340. The number of ether oxygens (including phenoxy) is 2. The highest BCUT2D eigenvalue weighted by atomic mass is 16.5. The second-order valence-electron chi connectivity index (χ2n) is 6.98. The van der Waals surface area contributed by atoms with E-state index in [1.165, 1.54) is 5.56 Å². The molecule has 1 saturated carbocycles. The van der Waals surface area contributed by atoms with Crippen molar-refractivity contribution in [3.63, 3.8) is 0 Å². The molecule has 1 saturated heterocycles. The molecule has 2 aromatic heterocycles. The van der Waals surface area contributed by atoms with Gasteiger partial charge in [-0.15, -0.1) is 0 Å². The first-order valence-corrected chi connectivity index (χ1v) is 9.10. The number of pyridine rings is 2. The van der Waals surface area contributed by atoms with Gasteiger partial charge in [-0.1, -0.05) is 6.07 Å². The number of morpholine rings is 1. The Labute approximate surface area is 149 Å². The molecular weight excluding hydrogens is 314 g/mol. The molecule has 1 aliphatic heterocycles. The molecule has 132 valence electrons. The maximum absolute atomic E-state index is 6.04. The summed E-state index contributed by atoms with van der Waals surface area (Å²) in [5, 5.41) is 0. The molecule has 2 aromatic rings. The van der Waals surface area contributed by atoms with Crippen LogP contribution in [-0.2, 0) is 22.6 Å². The molecule has 0 amide bonds. The first kappa shape index (κ1) is 16.6. The van der Waals surface area contributed by atoms with Crippen LogP contribution in [0.15, 0.2) is 48.9 Å². The molecule has 2 fully saturated rings. The first-order valence-electron chi connectivity index (χ1n) is 9.10. The average Bonchev–Trinajstić information content (AvgIpc) is 3.08. The lowest BCUT2D eigenvalue weighted by molar-refractivity contribution is -0.0595. The third-order valence-electron chi connectivity index (χ3n) is 5.21. The maximum atomic E-state index is 6.04. The first-order chi connectivity index (χ1) is 12.4. The molecule has 0 radical (unpaired) electrons. The van der Waals surface area contributed by atoms with Crippen LogP contribution in [-0.4, -0.2) is 46.8 Å². The molecule has 0 unspecified atom stereocenters. The number of rotatable bonds is 6. The van der Waals surface area contributed by atoms with Gasteiger partial charge >= 0.3 is 0 Å². The maximum Gasteiger partial charge on any atom is 0.0734 e. The van der Waals surface area contributed by atoms with Gasteiger partial charge in [0.2, 0.25) is 0 Å². The highest BCUT2D eigenvalue weighted by Crippen LogP contribution is 2.35. The normalized spacial score (nSPS) is 26.5. The van der Waals surface area contributed by atoms with E-state index in [2.05, 4.69) is 27.0 Å². The van der Waals surface area contributed by atoms with E-state index in [0.717, 1.165) is 44.8 Å². The summed E-state index contributed by atoms with van der Waals surface area (Å²) >= 11 is 0. The Hall–Kier alpha value is -1.82. The van der Waals surface area contributed by atoms with Crippen LogP contribution in [0.1, 0.15) is 24.1 Å². The van der Waals surface area contributed by atoms with Crippen LogP contribution < -0.4 is 0 Å². The molecule has 4 rings (SSSR count). The van der Waals surface area contributed by atoms with Gasteiger partial charge in [0.15, 0.2) is 0 Å². The molecule has 5 nitrogen and oxygen atoms in total. The van der Waals surface area contributed by atoms with Gasteiger partial charge in [-0.05, 0) is 48.6 Å². The van der Waals surface area contributed by atoms with Crippen molar-refractivity contribution in [1.29, 1.82) is 0 Å². The Morgan fingerprint density at radius 1 is 1.12 bits per heavy atom. The van der Waals surface area contributed by atoms with Gasteiger partial charge in [-0.3, -0.25) is 14.9 Å². The number of hydrogen-bond donors (Lipinski definition) is 0.